The third-order valence-electron chi connectivity index (χ3n) is 3.32. The quantitative estimate of drug-likeness (QED) is 0.448. The highest BCUT2D eigenvalue weighted by Gasteiger charge is 2.35. The van der Waals surface area contributed by atoms with Gasteiger partial charge < -0.3 is 10.6 Å². The molecule has 1 aliphatic heterocycles. The Balaban J connectivity index is 3.05. The average molecular weight is 251 g/mol. The fraction of sp³-hybridized carbons (Fsp3) is 0.583. The molecule has 0 saturated carbocycles. The van der Waals surface area contributed by atoms with E-state index in [-0.39, 0.29) is 34.2 Å². The Kier molecular flexibility index (Phi) is 4.38. The van der Waals surface area contributed by atoms with Gasteiger partial charge in [0.25, 0.3) is 0 Å². The molecule has 0 aliphatic carbocycles. The number of hydrogen-bond acceptors (Lipinski definition) is 4. The second-order valence-electron chi connectivity index (χ2n) is 4.57. The predicted molar refractivity (Wildman–Crippen MR) is 70.2 cm³/mol. The number of nitrogens with two attached hydrogens (primary N) is 1. The predicted octanol–water partition coefficient (Wildman–Crippen LogP) is 0.878. The molecule has 0 unspecified atom stereocenters. The number of nitrogens with zero attached hydrogens (tertiary/aromatic N) is 2. The maximum atomic E-state index is 12.1. The van der Waals surface area contributed by atoms with Gasteiger partial charge in [-0.3, -0.25) is 4.79 Å². The molecule has 0 radical (unpaired) electrons. The summed E-state index contributed by atoms with van der Waals surface area (Å²) in [5.74, 6) is -0.178. The normalized spacial score (nSPS) is 31.1. The molecule has 1 heterocycles. The average Bonchev–Trinajstić information content (AvgIpc) is 2.26. The smallest absolute Gasteiger partial charge is 0.145 e. The fourth-order valence-corrected chi connectivity index (χ4v) is 2.22. The number of rotatable bonds is 2. The van der Waals surface area contributed by atoms with E-state index in [9.17, 15) is 4.79 Å². The largest absolute Gasteiger partial charge is 0.389 e. The van der Waals surface area contributed by atoms with Crippen LogP contribution >= 0.6 is 12.2 Å². The van der Waals surface area contributed by atoms with Gasteiger partial charge in [0, 0.05) is 18.5 Å². The first-order valence-corrected chi connectivity index (χ1v) is 5.95. The van der Waals surface area contributed by atoms with Crippen molar-refractivity contribution in [1.82, 2.24) is 4.90 Å². The van der Waals surface area contributed by atoms with E-state index in [0.29, 0.717) is 0 Å². The van der Waals surface area contributed by atoms with E-state index < -0.39 is 0 Å². The molecule has 0 amide bonds. The van der Waals surface area contributed by atoms with Crippen LogP contribution in [-0.2, 0) is 4.79 Å². The maximum absolute atomic E-state index is 12.1. The molecule has 1 fully saturated rings. The lowest BCUT2D eigenvalue weighted by Crippen LogP contribution is -2.49. The molecular formula is C12H17N3OS. The molecule has 4 nitrogen and oxygen atoms in total. The molecule has 0 aromatic heterocycles. The van der Waals surface area contributed by atoms with Gasteiger partial charge in [0.2, 0.25) is 0 Å². The van der Waals surface area contributed by atoms with Crippen LogP contribution in [0.4, 0.5) is 0 Å². The summed E-state index contributed by atoms with van der Waals surface area (Å²) in [6.07, 6.45) is 1.61. The minimum Gasteiger partial charge on any atom is -0.389 e. The minimum atomic E-state index is -0.306. The summed E-state index contributed by atoms with van der Waals surface area (Å²) in [6.45, 7) is 4.62. The van der Waals surface area contributed by atoms with Crippen molar-refractivity contribution in [3.63, 3.8) is 0 Å². The van der Waals surface area contributed by atoms with Gasteiger partial charge in [-0.25, -0.2) is 0 Å². The van der Waals surface area contributed by atoms with Gasteiger partial charge in [0.1, 0.15) is 16.8 Å². The van der Waals surface area contributed by atoms with Crippen LogP contribution in [0.3, 0.4) is 0 Å². The van der Waals surface area contributed by atoms with Gasteiger partial charge >= 0.3 is 0 Å². The van der Waals surface area contributed by atoms with Crippen LogP contribution in [0, 0.1) is 23.2 Å². The van der Waals surface area contributed by atoms with Crippen molar-refractivity contribution in [3.8, 4) is 6.07 Å². The number of hydrogen-bond donors (Lipinski definition) is 1. The van der Waals surface area contributed by atoms with Crippen molar-refractivity contribution in [3.05, 3.63) is 11.6 Å². The number of thiocarbonyl (C=S) groups is 1. The van der Waals surface area contributed by atoms with Gasteiger partial charge in [-0.1, -0.05) is 25.2 Å². The lowest BCUT2D eigenvalue weighted by Gasteiger charge is -2.37. The zero-order valence-electron chi connectivity index (χ0n) is 10.3. The van der Waals surface area contributed by atoms with E-state index in [0.717, 1.165) is 6.54 Å². The van der Waals surface area contributed by atoms with E-state index in [1.165, 1.54) is 0 Å². The van der Waals surface area contributed by atoms with Crippen LogP contribution in [0.1, 0.15) is 13.8 Å². The Bertz CT molecular complexity index is 410. The summed E-state index contributed by atoms with van der Waals surface area (Å²) in [5.41, 5.74) is 5.67. The Labute approximate surface area is 107 Å². The molecule has 0 spiro atoms. The Morgan fingerprint density at radius 2 is 2.24 bits per heavy atom. The number of piperidine rings is 1. The molecule has 92 valence electrons. The first-order chi connectivity index (χ1) is 7.88. The van der Waals surface area contributed by atoms with E-state index in [2.05, 4.69) is 4.90 Å². The van der Waals surface area contributed by atoms with Crippen molar-refractivity contribution in [2.45, 2.75) is 19.9 Å². The standard InChI is InChI=1S/C12H17N3OS/c1-7-6-15(3)8(2)10(11(7)16)4-9(5-13)12(14)17/h4,7-8,10H,6H2,1-3H3,(H2,14,17)/b9-4+/t7-,8+,10-/m0/s1. The van der Waals surface area contributed by atoms with Crippen LogP contribution in [0.15, 0.2) is 11.6 Å². The van der Waals surface area contributed by atoms with Crippen LogP contribution in [0.25, 0.3) is 0 Å². The Hall–Kier alpha value is -1.25. The second kappa shape index (κ2) is 5.39. The summed E-state index contributed by atoms with van der Waals surface area (Å²) >= 11 is 4.78. The molecule has 1 saturated heterocycles. The minimum absolute atomic E-state index is 0.0243. The first kappa shape index (κ1) is 13.8. The van der Waals surface area contributed by atoms with Crippen molar-refractivity contribution in [2.24, 2.45) is 17.6 Å². The highest BCUT2D eigenvalue weighted by atomic mass is 32.1. The SMILES string of the molecule is C[C@@H]1[C@H](/C=C(\C#N)C(N)=S)C(=O)[C@@H](C)CN1C. The van der Waals surface area contributed by atoms with E-state index in [1.807, 2.05) is 27.0 Å². The van der Waals surface area contributed by atoms with Crippen molar-refractivity contribution < 1.29 is 4.79 Å². The monoisotopic (exact) mass is 251 g/mol. The molecule has 17 heavy (non-hydrogen) atoms. The third kappa shape index (κ3) is 2.90. The van der Waals surface area contributed by atoms with Crippen LogP contribution < -0.4 is 5.73 Å². The molecule has 5 heteroatoms. The van der Waals surface area contributed by atoms with Crippen LogP contribution in [-0.4, -0.2) is 35.3 Å². The number of likely N-dealkylation sites (tertiary alicyclic amines) is 1. The van der Waals surface area contributed by atoms with E-state index in [1.54, 1.807) is 6.08 Å². The molecule has 2 N–H and O–H groups in total. The number of nitriles is 1. The van der Waals surface area contributed by atoms with Crippen molar-refractivity contribution >= 4 is 23.0 Å². The summed E-state index contributed by atoms with van der Waals surface area (Å²) in [7, 11) is 1.97. The van der Waals surface area contributed by atoms with E-state index >= 15 is 0 Å². The number of Topliss-reactive ketones (excluding diaryl/α,β-unsaturated/α-hetero) is 1. The number of ketones is 1. The lowest BCUT2D eigenvalue weighted by atomic mass is 9.82. The third-order valence-corrected chi connectivity index (χ3v) is 3.54. The van der Waals surface area contributed by atoms with E-state index in [4.69, 9.17) is 23.2 Å². The van der Waals surface area contributed by atoms with Gasteiger partial charge in [-0.2, -0.15) is 5.26 Å². The van der Waals surface area contributed by atoms with Crippen LogP contribution in [0.5, 0.6) is 0 Å². The molecule has 1 rings (SSSR count). The molecule has 3 atom stereocenters. The van der Waals surface area contributed by atoms with Gasteiger partial charge in [0.15, 0.2) is 0 Å². The molecule has 0 aromatic carbocycles. The second-order valence-corrected chi connectivity index (χ2v) is 5.01. The zero-order valence-corrected chi connectivity index (χ0v) is 11.1. The van der Waals surface area contributed by atoms with Gasteiger partial charge in [0.05, 0.1) is 11.5 Å². The number of carbonyl (C=O) groups excluding carboxylic acids is 1. The summed E-state index contributed by atoms with van der Waals surface area (Å²) in [6, 6.07) is 2.01. The maximum Gasteiger partial charge on any atom is 0.145 e. The van der Waals surface area contributed by atoms with Crippen molar-refractivity contribution in [1.29, 1.82) is 5.26 Å². The Morgan fingerprint density at radius 3 is 2.71 bits per heavy atom. The summed E-state index contributed by atoms with van der Waals surface area (Å²) < 4.78 is 0. The first-order valence-electron chi connectivity index (χ1n) is 5.54. The zero-order chi connectivity index (χ0) is 13.2. The summed E-state index contributed by atoms with van der Waals surface area (Å²) in [4.78, 5) is 14.3. The van der Waals surface area contributed by atoms with Crippen molar-refractivity contribution in [2.75, 3.05) is 13.6 Å². The van der Waals surface area contributed by atoms with Crippen LogP contribution in [0.2, 0.25) is 0 Å². The topological polar surface area (TPSA) is 70.1 Å². The van der Waals surface area contributed by atoms with Gasteiger partial charge in [-0.05, 0) is 14.0 Å². The number of carbonyl (C=O) groups is 1. The molecular weight excluding hydrogens is 234 g/mol. The molecule has 1 aliphatic rings. The molecule has 0 aromatic rings. The molecule has 0 bridgehead atoms. The Morgan fingerprint density at radius 1 is 1.65 bits per heavy atom. The highest BCUT2D eigenvalue weighted by Crippen LogP contribution is 2.25. The van der Waals surface area contributed by atoms with Gasteiger partial charge in [-0.15, -0.1) is 0 Å². The fourth-order valence-electron chi connectivity index (χ4n) is 2.10. The lowest BCUT2D eigenvalue weighted by molar-refractivity contribution is -0.130. The highest BCUT2D eigenvalue weighted by molar-refractivity contribution is 7.80. The summed E-state index contributed by atoms with van der Waals surface area (Å²) in [5, 5.41) is 8.92.